The average Bonchev–Trinajstić information content (AvgIpc) is 2.35. The van der Waals surface area contributed by atoms with Gasteiger partial charge >= 0.3 is 5.97 Å². The number of unbranched alkanes of at least 4 members (excludes halogenated alkanes) is 1. The molecule has 0 N–H and O–H groups in total. The summed E-state index contributed by atoms with van der Waals surface area (Å²) in [4.78, 5) is 11.1. The van der Waals surface area contributed by atoms with Crippen molar-refractivity contribution in [1.82, 2.24) is 0 Å². The largest absolute Gasteiger partial charge is 0.494 e. The van der Waals surface area contributed by atoms with Crippen molar-refractivity contribution in [1.29, 1.82) is 0 Å². The van der Waals surface area contributed by atoms with Crippen LogP contribution in [0.2, 0.25) is 0 Å². The van der Waals surface area contributed by atoms with Gasteiger partial charge in [-0.1, -0.05) is 24.3 Å². The summed E-state index contributed by atoms with van der Waals surface area (Å²) in [6, 6.07) is 7.95. The van der Waals surface area contributed by atoms with Crippen molar-refractivity contribution in [2.75, 3.05) is 13.2 Å². The second-order valence-corrected chi connectivity index (χ2v) is 4.28. The number of carbonyl (C=O) groups excluding carboxylic acids is 1. The van der Waals surface area contributed by atoms with Crippen molar-refractivity contribution >= 4 is 5.97 Å². The average molecular weight is 248 g/mol. The smallest absolute Gasteiger partial charge is 0.333 e. The molecule has 0 unspecified atom stereocenters. The van der Waals surface area contributed by atoms with Gasteiger partial charge in [-0.2, -0.15) is 0 Å². The SMILES string of the molecule is C=C(C)C(=O)OCCCCOc1ccc(C)cc1. The Morgan fingerprint density at radius 1 is 1.17 bits per heavy atom. The van der Waals surface area contributed by atoms with Gasteiger partial charge in [0, 0.05) is 5.57 Å². The minimum Gasteiger partial charge on any atom is -0.494 e. The van der Waals surface area contributed by atoms with Crippen LogP contribution in [0.5, 0.6) is 5.75 Å². The fourth-order valence-electron chi connectivity index (χ4n) is 1.32. The Bertz CT molecular complexity index is 393. The highest BCUT2D eigenvalue weighted by Gasteiger charge is 2.01. The third-order valence-corrected chi connectivity index (χ3v) is 2.41. The standard InChI is InChI=1S/C15H20O3/c1-12(2)15(16)18-11-5-4-10-17-14-8-6-13(3)7-9-14/h6-9H,1,4-5,10-11H2,2-3H3. The van der Waals surface area contributed by atoms with Crippen molar-refractivity contribution in [3.8, 4) is 5.75 Å². The number of esters is 1. The maximum Gasteiger partial charge on any atom is 0.333 e. The Kier molecular flexibility index (Phi) is 5.98. The van der Waals surface area contributed by atoms with Crippen LogP contribution in [0.4, 0.5) is 0 Å². The Morgan fingerprint density at radius 3 is 2.39 bits per heavy atom. The Hall–Kier alpha value is -1.77. The molecular weight excluding hydrogens is 228 g/mol. The van der Waals surface area contributed by atoms with Gasteiger partial charge in [0.25, 0.3) is 0 Å². The van der Waals surface area contributed by atoms with E-state index in [-0.39, 0.29) is 5.97 Å². The molecule has 0 radical (unpaired) electrons. The lowest BCUT2D eigenvalue weighted by atomic mass is 10.2. The lowest BCUT2D eigenvalue weighted by Crippen LogP contribution is -2.07. The summed E-state index contributed by atoms with van der Waals surface area (Å²) in [5.41, 5.74) is 1.65. The second-order valence-electron chi connectivity index (χ2n) is 4.28. The first-order valence-electron chi connectivity index (χ1n) is 6.11. The molecule has 0 aliphatic carbocycles. The van der Waals surface area contributed by atoms with Crippen molar-refractivity contribution in [2.24, 2.45) is 0 Å². The zero-order valence-electron chi connectivity index (χ0n) is 11.1. The fraction of sp³-hybridized carbons (Fsp3) is 0.400. The Labute approximate surface area is 108 Å². The van der Waals surface area contributed by atoms with Crippen LogP contribution in [0.3, 0.4) is 0 Å². The number of benzene rings is 1. The van der Waals surface area contributed by atoms with Gasteiger partial charge in [0.05, 0.1) is 13.2 Å². The molecule has 0 aromatic heterocycles. The van der Waals surface area contributed by atoms with Crippen LogP contribution in [-0.2, 0) is 9.53 Å². The minimum absolute atomic E-state index is 0.325. The van der Waals surface area contributed by atoms with E-state index >= 15 is 0 Å². The molecule has 1 rings (SSSR count). The molecule has 0 saturated heterocycles. The van der Waals surface area contributed by atoms with Crippen molar-refractivity contribution in [3.05, 3.63) is 42.0 Å². The molecular formula is C15H20O3. The first kappa shape index (κ1) is 14.3. The molecule has 3 nitrogen and oxygen atoms in total. The van der Waals surface area contributed by atoms with E-state index in [2.05, 4.69) is 6.58 Å². The summed E-state index contributed by atoms with van der Waals surface area (Å²) in [6.07, 6.45) is 1.65. The highest BCUT2D eigenvalue weighted by atomic mass is 16.5. The van der Waals surface area contributed by atoms with Crippen LogP contribution in [0.25, 0.3) is 0 Å². The first-order valence-corrected chi connectivity index (χ1v) is 6.11. The highest BCUT2D eigenvalue weighted by Crippen LogP contribution is 2.11. The van der Waals surface area contributed by atoms with E-state index in [9.17, 15) is 4.79 Å². The van der Waals surface area contributed by atoms with Crippen molar-refractivity contribution in [3.63, 3.8) is 0 Å². The van der Waals surface area contributed by atoms with Gasteiger partial charge in [-0.25, -0.2) is 4.79 Å². The Morgan fingerprint density at radius 2 is 1.78 bits per heavy atom. The molecule has 0 spiro atoms. The molecule has 0 aliphatic rings. The van der Waals surface area contributed by atoms with Crippen LogP contribution in [0.15, 0.2) is 36.4 Å². The third-order valence-electron chi connectivity index (χ3n) is 2.41. The lowest BCUT2D eigenvalue weighted by Gasteiger charge is -2.07. The van der Waals surface area contributed by atoms with E-state index in [1.54, 1.807) is 6.92 Å². The van der Waals surface area contributed by atoms with E-state index in [1.807, 2.05) is 31.2 Å². The van der Waals surface area contributed by atoms with E-state index < -0.39 is 0 Å². The van der Waals surface area contributed by atoms with Gasteiger partial charge in [-0.3, -0.25) is 0 Å². The maximum atomic E-state index is 11.1. The first-order chi connectivity index (χ1) is 8.59. The quantitative estimate of drug-likeness (QED) is 0.422. The molecule has 1 aromatic rings. The molecule has 0 aliphatic heterocycles. The highest BCUT2D eigenvalue weighted by molar-refractivity contribution is 5.86. The summed E-state index contributed by atoms with van der Waals surface area (Å²) in [5, 5.41) is 0. The van der Waals surface area contributed by atoms with Gasteiger partial charge in [0.15, 0.2) is 0 Å². The van der Waals surface area contributed by atoms with Gasteiger partial charge in [0.1, 0.15) is 5.75 Å². The molecule has 1 aromatic carbocycles. The maximum absolute atomic E-state index is 11.1. The molecule has 0 fully saturated rings. The summed E-state index contributed by atoms with van der Waals surface area (Å²) in [5.74, 6) is 0.550. The molecule has 18 heavy (non-hydrogen) atoms. The monoisotopic (exact) mass is 248 g/mol. The number of hydrogen-bond acceptors (Lipinski definition) is 3. The molecule has 3 heteroatoms. The summed E-state index contributed by atoms with van der Waals surface area (Å²) >= 11 is 0. The topological polar surface area (TPSA) is 35.5 Å². The lowest BCUT2D eigenvalue weighted by molar-refractivity contribution is -0.139. The normalized spacial score (nSPS) is 9.89. The molecule has 0 bridgehead atoms. The number of hydrogen-bond donors (Lipinski definition) is 0. The van der Waals surface area contributed by atoms with Gasteiger partial charge in [-0.05, 0) is 38.8 Å². The predicted octanol–water partition coefficient (Wildman–Crippen LogP) is 3.27. The van der Waals surface area contributed by atoms with E-state index in [1.165, 1.54) is 5.56 Å². The number of ether oxygens (including phenoxy) is 2. The Balaban J connectivity index is 2.07. The minimum atomic E-state index is -0.325. The summed E-state index contributed by atoms with van der Waals surface area (Å²) < 4.78 is 10.5. The molecule has 0 amide bonds. The van der Waals surface area contributed by atoms with Crippen molar-refractivity contribution < 1.29 is 14.3 Å². The number of rotatable bonds is 7. The van der Waals surface area contributed by atoms with E-state index in [0.29, 0.717) is 18.8 Å². The molecule has 0 atom stereocenters. The van der Waals surface area contributed by atoms with Crippen LogP contribution in [0.1, 0.15) is 25.3 Å². The van der Waals surface area contributed by atoms with Crippen LogP contribution >= 0.6 is 0 Å². The molecule has 0 heterocycles. The molecule has 98 valence electrons. The van der Waals surface area contributed by atoms with Crippen LogP contribution < -0.4 is 4.74 Å². The van der Waals surface area contributed by atoms with Crippen molar-refractivity contribution in [2.45, 2.75) is 26.7 Å². The van der Waals surface area contributed by atoms with Gasteiger partial charge in [-0.15, -0.1) is 0 Å². The number of aryl methyl sites for hydroxylation is 1. The zero-order chi connectivity index (χ0) is 13.4. The van der Waals surface area contributed by atoms with Crippen LogP contribution in [-0.4, -0.2) is 19.2 Å². The number of carbonyl (C=O) groups is 1. The van der Waals surface area contributed by atoms with E-state index in [4.69, 9.17) is 9.47 Å². The summed E-state index contributed by atoms with van der Waals surface area (Å²) in [6.45, 7) is 8.25. The van der Waals surface area contributed by atoms with Gasteiger partial charge < -0.3 is 9.47 Å². The molecule has 0 saturated carbocycles. The van der Waals surface area contributed by atoms with Crippen LogP contribution in [0, 0.1) is 6.92 Å². The fourth-order valence-corrected chi connectivity index (χ4v) is 1.32. The second kappa shape index (κ2) is 7.54. The third kappa shape index (κ3) is 5.53. The predicted molar refractivity (Wildman–Crippen MR) is 71.7 cm³/mol. The zero-order valence-corrected chi connectivity index (χ0v) is 11.1. The van der Waals surface area contributed by atoms with E-state index in [0.717, 1.165) is 18.6 Å². The summed E-state index contributed by atoms with van der Waals surface area (Å²) in [7, 11) is 0. The van der Waals surface area contributed by atoms with Gasteiger partial charge in [0.2, 0.25) is 0 Å².